The zero-order valence-electron chi connectivity index (χ0n) is 11.7. The highest BCUT2D eigenvalue weighted by molar-refractivity contribution is 5.93. The van der Waals surface area contributed by atoms with Crippen LogP contribution in [0.5, 0.6) is 0 Å². The Morgan fingerprint density at radius 3 is 3.05 bits per heavy atom. The van der Waals surface area contributed by atoms with E-state index in [4.69, 9.17) is 9.47 Å². The van der Waals surface area contributed by atoms with E-state index in [0.29, 0.717) is 25.4 Å². The van der Waals surface area contributed by atoms with Crippen LogP contribution in [0.15, 0.2) is 12.4 Å². The third kappa shape index (κ3) is 3.70. The number of carbonyl (C=O) groups is 2. The molecule has 2 rings (SSSR count). The Balaban J connectivity index is 1.92. The molecule has 0 spiro atoms. The summed E-state index contributed by atoms with van der Waals surface area (Å²) in [5.41, 5.74) is -0.890. The first-order valence-corrected chi connectivity index (χ1v) is 6.47. The van der Waals surface area contributed by atoms with Crippen LogP contribution in [0.25, 0.3) is 0 Å². The van der Waals surface area contributed by atoms with Crippen molar-refractivity contribution in [3.05, 3.63) is 12.4 Å². The first-order valence-electron chi connectivity index (χ1n) is 6.47. The molecule has 9 heteroatoms. The largest absolute Gasteiger partial charge is 0.479 e. The SMILES string of the molecule is COCCn1cc(NC(=O)NC2(C(=O)O)CCOC2)cn1. The third-order valence-electron chi connectivity index (χ3n) is 3.20. The van der Waals surface area contributed by atoms with Crippen LogP contribution in [-0.4, -0.2) is 59.4 Å². The molecule has 1 unspecified atom stereocenters. The summed E-state index contributed by atoms with van der Waals surface area (Å²) >= 11 is 0. The van der Waals surface area contributed by atoms with E-state index in [-0.39, 0.29) is 13.0 Å². The fourth-order valence-corrected chi connectivity index (χ4v) is 2.00. The van der Waals surface area contributed by atoms with Crippen molar-refractivity contribution in [2.24, 2.45) is 0 Å². The van der Waals surface area contributed by atoms with Crippen molar-refractivity contribution < 1.29 is 24.2 Å². The lowest BCUT2D eigenvalue weighted by Gasteiger charge is -2.23. The summed E-state index contributed by atoms with van der Waals surface area (Å²) < 4.78 is 11.6. The van der Waals surface area contributed by atoms with Crippen LogP contribution in [0.1, 0.15) is 6.42 Å². The number of nitrogens with zero attached hydrogens (tertiary/aromatic N) is 2. The number of urea groups is 1. The summed E-state index contributed by atoms with van der Waals surface area (Å²) in [6, 6.07) is -0.603. The number of anilines is 1. The van der Waals surface area contributed by atoms with Gasteiger partial charge in [-0.25, -0.2) is 9.59 Å². The Morgan fingerprint density at radius 2 is 2.43 bits per heavy atom. The normalized spacial score (nSPS) is 21.2. The Morgan fingerprint density at radius 1 is 1.62 bits per heavy atom. The van der Waals surface area contributed by atoms with Crippen LogP contribution < -0.4 is 10.6 Å². The van der Waals surface area contributed by atoms with Gasteiger partial charge in [-0.3, -0.25) is 4.68 Å². The molecule has 1 saturated heterocycles. The Kier molecular flexibility index (Phi) is 4.76. The minimum Gasteiger partial charge on any atom is -0.479 e. The van der Waals surface area contributed by atoms with E-state index in [0.717, 1.165) is 0 Å². The highest BCUT2D eigenvalue weighted by Crippen LogP contribution is 2.19. The number of hydrogen-bond donors (Lipinski definition) is 3. The fourth-order valence-electron chi connectivity index (χ4n) is 2.00. The number of aliphatic carboxylic acids is 1. The lowest BCUT2D eigenvalue weighted by Crippen LogP contribution is -2.56. The number of rotatable bonds is 6. The van der Waals surface area contributed by atoms with Crippen molar-refractivity contribution in [1.82, 2.24) is 15.1 Å². The number of nitrogens with one attached hydrogen (secondary N) is 2. The average Bonchev–Trinajstić information content (AvgIpc) is 3.06. The molecule has 0 bridgehead atoms. The molecule has 1 aromatic rings. The van der Waals surface area contributed by atoms with Gasteiger partial charge in [-0.1, -0.05) is 0 Å². The van der Waals surface area contributed by atoms with Gasteiger partial charge in [0, 0.05) is 26.3 Å². The van der Waals surface area contributed by atoms with Crippen LogP contribution in [0.3, 0.4) is 0 Å². The molecule has 116 valence electrons. The first kappa shape index (κ1) is 15.3. The van der Waals surface area contributed by atoms with Gasteiger partial charge in [0.15, 0.2) is 5.54 Å². The fraction of sp³-hybridized carbons (Fsp3) is 0.583. The van der Waals surface area contributed by atoms with Gasteiger partial charge in [-0.2, -0.15) is 5.10 Å². The van der Waals surface area contributed by atoms with E-state index in [1.807, 2.05) is 0 Å². The second-order valence-corrected chi connectivity index (χ2v) is 4.75. The van der Waals surface area contributed by atoms with Crippen LogP contribution in [0.4, 0.5) is 10.5 Å². The predicted molar refractivity (Wildman–Crippen MR) is 72.1 cm³/mol. The van der Waals surface area contributed by atoms with Crippen LogP contribution in [0.2, 0.25) is 0 Å². The molecule has 2 heterocycles. The number of ether oxygens (including phenoxy) is 2. The summed E-state index contributed by atoms with van der Waals surface area (Å²) in [6.45, 7) is 1.34. The Hall–Kier alpha value is -2.13. The summed E-state index contributed by atoms with van der Waals surface area (Å²) in [5.74, 6) is -1.11. The Bertz CT molecular complexity index is 510. The number of methoxy groups -OCH3 is 1. The van der Waals surface area contributed by atoms with Gasteiger partial charge in [0.05, 0.1) is 31.6 Å². The molecule has 1 aromatic heterocycles. The topological polar surface area (TPSA) is 115 Å². The molecule has 1 aliphatic heterocycles. The second-order valence-electron chi connectivity index (χ2n) is 4.75. The smallest absolute Gasteiger partial charge is 0.332 e. The summed E-state index contributed by atoms with van der Waals surface area (Å²) in [4.78, 5) is 23.2. The summed E-state index contributed by atoms with van der Waals surface area (Å²) in [5, 5.41) is 18.3. The minimum atomic E-state index is -1.36. The van der Waals surface area contributed by atoms with Gasteiger partial charge >= 0.3 is 12.0 Å². The lowest BCUT2D eigenvalue weighted by atomic mass is 9.99. The molecule has 0 aromatic carbocycles. The van der Waals surface area contributed by atoms with Crippen molar-refractivity contribution in [2.45, 2.75) is 18.5 Å². The Labute approximate surface area is 121 Å². The quantitative estimate of drug-likeness (QED) is 0.675. The van der Waals surface area contributed by atoms with Crippen molar-refractivity contribution in [3.8, 4) is 0 Å². The maximum absolute atomic E-state index is 11.9. The van der Waals surface area contributed by atoms with Crippen molar-refractivity contribution in [3.63, 3.8) is 0 Å². The molecule has 21 heavy (non-hydrogen) atoms. The van der Waals surface area contributed by atoms with Crippen molar-refractivity contribution >= 4 is 17.7 Å². The van der Waals surface area contributed by atoms with E-state index < -0.39 is 17.5 Å². The first-order chi connectivity index (χ1) is 10.1. The van der Waals surface area contributed by atoms with Crippen LogP contribution in [0, 0.1) is 0 Å². The number of aromatic nitrogens is 2. The molecule has 2 amide bonds. The number of carbonyl (C=O) groups excluding carboxylic acids is 1. The predicted octanol–water partition coefficient (Wildman–Crippen LogP) is -0.105. The van der Waals surface area contributed by atoms with E-state index in [1.54, 1.807) is 18.0 Å². The average molecular weight is 298 g/mol. The van der Waals surface area contributed by atoms with Gasteiger partial charge < -0.3 is 25.2 Å². The maximum Gasteiger partial charge on any atom is 0.332 e. The molecule has 1 fully saturated rings. The van der Waals surface area contributed by atoms with Gasteiger partial charge in [0.25, 0.3) is 0 Å². The van der Waals surface area contributed by atoms with Crippen molar-refractivity contribution in [2.75, 3.05) is 32.2 Å². The number of amides is 2. The molecule has 0 saturated carbocycles. The highest BCUT2D eigenvalue weighted by atomic mass is 16.5. The maximum atomic E-state index is 11.9. The molecule has 0 radical (unpaired) electrons. The molecule has 1 atom stereocenters. The molecule has 9 nitrogen and oxygen atoms in total. The summed E-state index contributed by atoms with van der Waals surface area (Å²) in [6.07, 6.45) is 3.36. The second kappa shape index (κ2) is 6.55. The van der Waals surface area contributed by atoms with E-state index in [1.165, 1.54) is 6.20 Å². The zero-order valence-corrected chi connectivity index (χ0v) is 11.7. The third-order valence-corrected chi connectivity index (χ3v) is 3.20. The molecule has 1 aliphatic rings. The molecule has 0 aliphatic carbocycles. The highest BCUT2D eigenvalue weighted by Gasteiger charge is 2.44. The van der Waals surface area contributed by atoms with Gasteiger partial charge in [0.1, 0.15) is 0 Å². The van der Waals surface area contributed by atoms with E-state index >= 15 is 0 Å². The van der Waals surface area contributed by atoms with Crippen LogP contribution in [-0.2, 0) is 20.8 Å². The molecular weight excluding hydrogens is 280 g/mol. The molecular formula is C12H18N4O5. The van der Waals surface area contributed by atoms with E-state index in [9.17, 15) is 14.7 Å². The van der Waals surface area contributed by atoms with Gasteiger partial charge in [0.2, 0.25) is 0 Å². The van der Waals surface area contributed by atoms with Gasteiger partial charge in [-0.15, -0.1) is 0 Å². The minimum absolute atomic E-state index is 0.0388. The van der Waals surface area contributed by atoms with Gasteiger partial charge in [-0.05, 0) is 0 Å². The number of carboxylic acids is 1. The summed E-state index contributed by atoms with van der Waals surface area (Å²) in [7, 11) is 1.59. The number of carboxylic acid groups (broad SMARTS) is 1. The monoisotopic (exact) mass is 298 g/mol. The standard InChI is InChI=1S/C12H18N4O5/c1-20-5-3-16-7-9(6-13-16)14-11(19)15-12(10(17)18)2-4-21-8-12/h6-7H,2-5,8H2,1H3,(H,17,18)(H2,14,15,19). The van der Waals surface area contributed by atoms with Crippen LogP contribution >= 0.6 is 0 Å². The zero-order chi connectivity index (χ0) is 15.3. The number of hydrogen-bond acceptors (Lipinski definition) is 5. The lowest BCUT2D eigenvalue weighted by molar-refractivity contribution is -0.144. The van der Waals surface area contributed by atoms with Crippen molar-refractivity contribution in [1.29, 1.82) is 0 Å². The molecule has 3 N–H and O–H groups in total. The van der Waals surface area contributed by atoms with E-state index in [2.05, 4.69) is 15.7 Å².